The summed E-state index contributed by atoms with van der Waals surface area (Å²) < 4.78 is 0. The van der Waals surface area contributed by atoms with Crippen LogP contribution < -0.4 is 0 Å². The Labute approximate surface area is 271 Å². The van der Waals surface area contributed by atoms with Crippen LogP contribution in [0.25, 0.3) is 0 Å². The quantitative estimate of drug-likeness (QED) is 0.262. The molecule has 250 valence electrons. The van der Waals surface area contributed by atoms with Crippen molar-refractivity contribution in [3.63, 3.8) is 0 Å². The zero-order valence-corrected chi connectivity index (χ0v) is 31.5. The van der Waals surface area contributed by atoms with Crippen LogP contribution in [0.15, 0.2) is 0 Å². The number of hydrogen-bond donors (Lipinski definition) is 0. The molecule has 43 heavy (non-hydrogen) atoms. The normalized spacial score (nSPS) is 43.8. The van der Waals surface area contributed by atoms with Gasteiger partial charge in [0, 0.05) is 0 Å². The van der Waals surface area contributed by atoms with Gasteiger partial charge in [-0.3, -0.25) is 0 Å². The van der Waals surface area contributed by atoms with Crippen LogP contribution in [-0.2, 0) is 0 Å². The maximum atomic E-state index is 2.42. The first-order valence-electron chi connectivity index (χ1n) is 19.8. The molecule has 8 atom stereocenters. The predicted octanol–water partition coefficient (Wildman–Crippen LogP) is 13.5. The van der Waals surface area contributed by atoms with Crippen LogP contribution in [0.2, 0.25) is 0 Å². The van der Waals surface area contributed by atoms with Crippen molar-refractivity contribution in [2.45, 2.75) is 179 Å². The van der Waals surface area contributed by atoms with E-state index in [2.05, 4.69) is 83.1 Å². The molecule has 0 saturated heterocycles. The number of fused-ring (bicyclic) bond motifs is 7. The number of hydrogen-bond acceptors (Lipinski definition) is 0. The molecule has 0 spiro atoms. The molecule has 8 saturated carbocycles. The lowest BCUT2D eigenvalue weighted by Crippen LogP contribution is -2.25. The molecule has 0 aromatic rings. The van der Waals surface area contributed by atoms with Gasteiger partial charge in [-0.1, -0.05) is 95.9 Å². The summed E-state index contributed by atoms with van der Waals surface area (Å²) in [5.41, 5.74) is 2.34. The van der Waals surface area contributed by atoms with E-state index in [1.807, 2.05) is 0 Å². The molecular weight excluding hydrogens is 516 g/mol. The van der Waals surface area contributed by atoms with Crippen LogP contribution in [0.5, 0.6) is 0 Å². The zero-order chi connectivity index (χ0) is 31.5. The fourth-order valence-electron chi connectivity index (χ4n) is 12.7. The van der Waals surface area contributed by atoms with E-state index in [1.54, 1.807) is 19.3 Å². The lowest BCUT2D eigenvalue weighted by molar-refractivity contribution is 0.161. The largest absolute Gasteiger partial charge is 0.0599 e. The van der Waals surface area contributed by atoms with E-state index in [4.69, 9.17) is 0 Å². The molecule has 0 heteroatoms. The molecule has 8 aliphatic carbocycles. The Morgan fingerprint density at radius 3 is 0.860 bits per heavy atom. The second-order valence-corrected chi connectivity index (χ2v) is 22.2. The third kappa shape index (κ3) is 8.30. The summed E-state index contributed by atoms with van der Waals surface area (Å²) in [4.78, 5) is 0. The minimum atomic E-state index is 0.583. The molecule has 0 N–H and O–H groups in total. The van der Waals surface area contributed by atoms with Crippen LogP contribution in [0.1, 0.15) is 179 Å². The fourth-order valence-corrected chi connectivity index (χ4v) is 12.7. The van der Waals surface area contributed by atoms with Crippen molar-refractivity contribution < 1.29 is 0 Å². The number of rotatable bonds is 0. The highest BCUT2D eigenvalue weighted by Gasteiger charge is 2.49. The summed E-state index contributed by atoms with van der Waals surface area (Å²) in [6, 6.07) is 0. The summed E-state index contributed by atoms with van der Waals surface area (Å²) in [6.07, 6.45) is 23.1. The molecule has 0 aliphatic heterocycles. The Morgan fingerprint density at radius 1 is 0.302 bits per heavy atom. The molecular formula is C43H78. The third-order valence-corrected chi connectivity index (χ3v) is 15.0. The van der Waals surface area contributed by atoms with E-state index in [-0.39, 0.29) is 0 Å². The van der Waals surface area contributed by atoms with Crippen molar-refractivity contribution in [1.82, 2.24) is 0 Å². The predicted molar refractivity (Wildman–Crippen MR) is 189 cm³/mol. The van der Waals surface area contributed by atoms with Gasteiger partial charge in [0.15, 0.2) is 0 Å². The standard InChI is InChI=1S/3C11H20.C10H18/c2*1-11(2,3)10-7-8-4-5-9(10)6-8;1-11(2,3)10-8-4-5-9(10)7-6-8;1-10(2,3)9-5-7-4-8(7)6-9/h3*8-10H,4-7H2,1-3H3;7-9H,4-6H2,1-3H3. The average molecular weight is 595 g/mol. The second kappa shape index (κ2) is 12.6. The molecule has 6 bridgehead atoms. The third-order valence-electron chi connectivity index (χ3n) is 15.0. The molecule has 0 nitrogen and oxygen atoms in total. The monoisotopic (exact) mass is 595 g/mol. The highest BCUT2D eigenvalue weighted by atomic mass is 14.5. The van der Waals surface area contributed by atoms with E-state index in [9.17, 15) is 0 Å². The van der Waals surface area contributed by atoms with Crippen LogP contribution in [-0.4, -0.2) is 0 Å². The van der Waals surface area contributed by atoms with Crippen molar-refractivity contribution in [1.29, 1.82) is 0 Å². The summed E-state index contributed by atoms with van der Waals surface area (Å²) >= 11 is 0. The first-order valence-corrected chi connectivity index (χ1v) is 19.8. The van der Waals surface area contributed by atoms with E-state index in [0.717, 1.165) is 71.0 Å². The first-order chi connectivity index (χ1) is 19.8. The van der Waals surface area contributed by atoms with Crippen LogP contribution in [0.4, 0.5) is 0 Å². The summed E-state index contributed by atoms with van der Waals surface area (Å²) in [5.74, 6) is 13.1. The van der Waals surface area contributed by atoms with Gasteiger partial charge < -0.3 is 0 Å². The first kappa shape index (κ1) is 34.3. The maximum Gasteiger partial charge on any atom is -0.0309 e. The van der Waals surface area contributed by atoms with Crippen molar-refractivity contribution >= 4 is 0 Å². The zero-order valence-electron chi connectivity index (χ0n) is 31.5. The molecule has 0 amide bonds. The SMILES string of the molecule is CC(C)(C)C1C2CCC1CC2.CC(C)(C)C1CC2CC2C1.CC(C)(C)C1CC2CCC1C2.CC(C)(C)C1CC2CCC1C2. The van der Waals surface area contributed by atoms with E-state index >= 15 is 0 Å². The van der Waals surface area contributed by atoms with E-state index in [1.165, 1.54) is 77.0 Å². The molecule has 8 unspecified atom stereocenters. The molecule has 0 aromatic heterocycles. The van der Waals surface area contributed by atoms with Gasteiger partial charge in [0.2, 0.25) is 0 Å². The Balaban J connectivity index is 0.000000114. The molecule has 8 aliphatic rings. The van der Waals surface area contributed by atoms with E-state index in [0.29, 0.717) is 21.7 Å². The topological polar surface area (TPSA) is 0 Å². The molecule has 0 heterocycles. The summed E-state index contributed by atoms with van der Waals surface area (Å²) in [5, 5.41) is 0. The molecule has 0 aromatic carbocycles. The maximum absolute atomic E-state index is 2.42. The minimum Gasteiger partial charge on any atom is -0.0599 e. The van der Waals surface area contributed by atoms with Crippen molar-refractivity contribution in [2.24, 2.45) is 92.7 Å². The van der Waals surface area contributed by atoms with E-state index < -0.39 is 0 Å². The second-order valence-electron chi connectivity index (χ2n) is 22.2. The Kier molecular flexibility index (Phi) is 10.0. The van der Waals surface area contributed by atoms with Gasteiger partial charge in [-0.05, 0) is 176 Å². The van der Waals surface area contributed by atoms with Gasteiger partial charge in [0.1, 0.15) is 0 Å². The highest BCUT2D eigenvalue weighted by molar-refractivity contribution is 4.99. The van der Waals surface area contributed by atoms with Gasteiger partial charge >= 0.3 is 0 Å². The van der Waals surface area contributed by atoms with Gasteiger partial charge in [0.05, 0.1) is 0 Å². The van der Waals surface area contributed by atoms with Gasteiger partial charge in [-0.25, -0.2) is 0 Å². The lowest BCUT2D eigenvalue weighted by atomic mass is 9.72. The smallest absolute Gasteiger partial charge is 0.0309 e. The minimum absolute atomic E-state index is 0.583. The molecule has 8 rings (SSSR count). The van der Waals surface area contributed by atoms with Gasteiger partial charge in [-0.2, -0.15) is 0 Å². The molecule has 8 fully saturated rings. The van der Waals surface area contributed by atoms with Crippen LogP contribution in [0.3, 0.4) is 0 Å². The van der Waals surface area contributed by atoms with Crippen LogP contribution >= 0.6 is 0 Å². The fraction of sp³-hybridized carbons (Fsp3) is 1.00. The Hall–Kier alpha value is 0. The Bertz CT molecular complexity index is 828. The average Bonchev–Trinajstić information content (AvgIpc) is 3.65. The summed E-state index contributed by atoms with van der Waals surface area (Å²) in [7, 11) is 0. The summed E-state index contributed by atoms with van der Waals surface area (Å²) in [6.45, 7) is 28.9. The van der Waals surface area contributed by atoms with Crippen molar-refractivity contribution in [3.05, 3.63) is 0 Å². The Morgan fingerprint density at radius 2 is 0.674 bits per heavy atom. The van der Waals surface area contributed by atoms with Gasteiger partial charge in [0.25, 0.3) is 0 Å². The van der Waals surface area contributed by atoms with Crippen molar-refractivity contribution in [2.75, 3.05) is 0 Å². The lowest BCUT2D eigenvalue weighted by Gasteiger charge is -2.34. The van der Waals surface area contributed by atoms with Gasteiger partial charge in [-0.15, -0.1) is 0 Å². The van der Waals surface area contributed by atoms with Crippen molar-refractivity contribution in [3.8, 4) is 0 Å². The van der Waals surface area contributed by atoms with Crippen LogP contribution in [0, 0.1) is 92.7 Å². The highest BCUT2D eigenvalue weighted by Crippen LogP contribution is 2.59. The molecule has 0 radical (unpaired) electrons.